The van der Waals surface area contributed by atoms with Gasteiger partial charge in [-0.15, -0.1) is 0 Å². The fraction of sp³-hybridized carbons (Fsp3) is 0.308. The fourth-order valence-corrected chi connectivity index (χ4v) is 2.16. The van der Waals surface area contributed by atoms with Gasteiger partial charge in [-0.3, -0.25) is 0 Å². The molecule has 1 aromatic heterocycles. The second-order valence-electron chi connectivity index (χ2n) is 4.38. The molecule has 0 aliphatic rings. The molecule has 0 saturated carbocycles. The molecule has 90 valence electrons. The first-order valence-electron chi connectivity index (χ1n) is 5.29. The first-order valence-corrected chi connectivity index (χ1v) is 6.09. The summed E-state index contributed by atoms with van der Waals surface area (Å²) in [6.45, 7) is 3.75. The third-order valence-corrected chi connectivity index (χ3v) is 3.56. The van der Waals surface area contributed by atoms with Crippen molar-refractivity contribution in [3.8, 4) is 5.75 Å². The maximum atomic E-state index is 10.0. The van der Waals surface area contributed by atoms with Crippen LogP contribution in [0.4, 0.5) is 0 Å². The van der Waals surface area contributed by atoms with Gasteiger partial charge in [0.15, 0.2) is 0 Å². The van der Waals surface area contributed by atoms with Crippen LogP contribution in [0.3, 0.4) is 0 Å². The Labute approximate surface area is 109 Å². The molecule has 1 N–H and O–H groups in total. The Kier molecular flexibility index (Phi) is 3.10. The van der Waals surface area contributed by atoms with Gasteiger partial charge in [-0.25, -0.2) is 4.98 Å². The predicted octanol–water partition coefficient (Wildman–Crippen LogP) is 3.58. The van der Waals surface area contributed by atoms with Gasteiger partial charge in [-0.1, -0.05) is 22.0 Å². The van der Waals surface area contributed by atoms with Crippen LogP contribution in [0.15, 0.2) is 28.7 Å². The van der Waals surface area contributed by atoms with Crippen molar-refractivity contribution in [2.75, 3.05) is 7.11 Å². The van der Waals surface area contributed by atoms with E-state index < -0.39 is 5.60 Å². The molecular formula is C13H14BrNO2. The molecule has 1 heterocycles. The molecule has 0 atom stereocenters. The summed E-state index contributed by atoms with van der Waals surface area (Å²) in [5.74, 6) is 0.149. The molecule has 1 aromatic carbocycles. The van der Waals surface area contributed by atoms with Gasteiger partial charge in [-0.05, 0) is 32.0 Å². The van der Waals surface area contributed by atoms with Gasteiger partial charge in [0.2, 0.25) is 0 Å². The van der Waals surface area contributed by atoms with Crippen LogP contribution in [0, 0.1) is 0 Å². The number of halogens is 1. The van der Waals surface area contributed by atoms with Crippen molar-refractivity contribution in [2.24, 2.45) is 0 Å². The van der Waals surface area contributed by atoms with Crippen molar-refractivity contribution in [1.82, 2.24) is 4.98 Å². The van der Waals surface area contributed by atoms with Gasteiger partial charge in [0.05, 0.1) is 5.52 Å². The number of aromatic nitrogens is 1. The van der Waals surface area contributed by atoms with Crippen LogP contribution in [0.2, 0.25) is 0 Å². The first kappa shape index (κ1) is 12.3. The standard InChI is InChI=1S/C13H14BrNO2/c1-13(2,17-3)12-11(16)7-8-9(14)5-4-6-10(8)15-12/h4-7,16H,1-3H3. The molecule has 0 aliphatic heterocycles. The molecule has 0 saturated heterocycles. The maximum Gasteiger partial charge on any atom is 0.140 e. The second kappa shape index (κ2) is 4.27. The monoisotopic (exact) mass is 295 g/mol. The van der Waals surface area contributed by atoms with Crippen LogP contribution in [0.1, 0.15) is 19.5 Å². The van der Waals surface area contributed by atoms with Crippen LogP contribution < -0.4 is 0 Å². The fourth-order valence-electron chi connectivity index (χ4n) is 1.69. The van der Waals surface area contributed by atoms with Crippen LogP contribution in [-0.2, 0) is 10.3 Å². The molecule has 3 nitrogen and oxygen atoms in total. The highest BCUT2D eigenvalue weighted by atomic mass is 79.9. The third-order valence-electron chi connectivity index (χ3n) is 2.87. The lowest BCUT2D eigenvalue weighted by Gasteiger charge is -2.23. The zero-order chi connectivity index (χ0) is 12.6. The molecule has 2 rings (SSSR count). The van der Waals surface area contributed by atoms with E-state index in [1.807, 2.05) is 32.0 Å². The minimum Gasteiger partial charge on any atom is -0.506 e. The zero-order valence-corrected chi connectivity index (χ0v) is 11.6. The summed E-state index contributed by atoms with van der Waals surface area (Å²) in [5, 5.41) is 10.9. The highest BCUT2D eigenvalue weighted by Crippen LogP contribution is 2.34. The molecule has 0 aliphatic carbocycles. The van der Waals surface area contributed by atoms with Crippen molar-refractivity contribution in [1.29, 1.82) is 0 Å². The third kappa shape index (κ3) is 2.15. The smallest absolute Gasteiger partial charge is 0.140 e. The second-order valence-corrected chi connectivity index (χ2v) is 5.23. The minimum absolute atomic E-state index is 0.149. The summed E-state index contributed by atoms with van der Waals surface area (Å²) in [7, 11) is 1.60. The summed E-state index contributed by atoms with van der Waals surface area (Å²) in [5.41, 5.74) is 0.767. The van der Waals surface area contributed by atoms with Crippen molar-refractivity contribution < 1.29 is 9.84 Å². The van der Waals surface area contributed by atoms with E-state index in [1.54, 1.807) is 13.2 Å². The normalized spacial score (nSPS) is 12.0. The lowest BCUT2D eigenvalue weighted by atomic mass is 10.0. The highest BCUT2D eigenvalue weighted by Gasteiger charge is 2.25. The van der Waals surface area contributed by atoms with E-state index in [2.05, 4.69) is 20.9 Å². The van der Waals surface area contributed by atoms with Gasteiger partial charge in [0, 0.05) is 17.0 Å². The summed E-state index contributed by atoms with van der Waals surface area (Å²) >= 11 is 3.44. The lowest BCUT2D eigenvalue weighted by Crippen LogP contribution is -2.21. The number of hydrogen-bond donors (Lipinski definition) is 1. The lowest BCUT2D eigenvalue weighted by molar-refractivity contribution is 0.0138. The van der Waals surface area contributed by atoms with Crippen molar-refractivity contribution >= 4 is 26.8 Å². The van der Waals surface area contributed by atoms with Crippen molar-refractivity contribution in [3.05, 3.63) is 34.4 Å². The van der Waals surface area contributed by atoms with E-state index in [4.69, 9.17) is 4.74 Å². The molecule has 17 heavy (non-hydrogen) atoms. The minimum atomic E-state index is -0.611. The van der Waals surface area contributed by atoms with Gasteiger partial charge in [0.25, 0.3) is 0 Å². The number of benzene rings is 1. The number of hydrogen-bond acceptors (Lipinski definition) is 3. The maximum absolute atomic E-state index is 10.0. The number of nitrogens with zero attached hydrogens (tertiary/aromatic N) is 1. The van der Waals surface area contributed by atoms with Gasteiger partial charge >= 0.3 is 0 Å². The molecule has 0 bridgehead atoms. The first-order chi connectivity index (χ1) is 7.95. The van der Waals surface area contributed by atoms with E-state index in [1.165, 1.54) is 0 Å². The van der Waals surface area contributed by atoms with Gasteiger partial charge in [0.1, 0.15) is 17.0 Å². The summed E-state index contributed by atoms with van der Waals surface area (Å²) < 4.78 is 6.27. The van der Waals surface area contributed by atoms with E-state index in [0.29, 0.717) is 5.69 Å². The summed E-state index contributed by atoms with van der Waals surface area (Å²) in [6, 6.07) is 7.46. The summed E-state index contributed by atoms with van der Waals surface area (Å²) in [4.78, 5) is 4.47. The average Bonchev–Trinajstić information content (AvgIpc) is 2.29. The number of methoxy groups -OCH3 is 1. The van der Waals surface area contributed by atoms with E-state index in [0.717, 1.165) is 15.4 Å². The Bertz CT molecular complexity index is 567. The van der Waals surface area contributed by atoms with Crippen LogP contribution in [0.5, 0.6) is 5.75 Å². The zero-order valence-electron chi connectivity index (χ0n) is 9.99. The summed E-state index contributed by atoms with van der Waals surface area (Å²) in [6.07, 6.45) is 0. The Morgan fingerprint density at radius 3 is 2.71 bits per heavy atom. The Hall–Kier alpha value is -1.13. The molecule has 2 aromatic rings. The quantitative estimate of drug-likeness (QED) is 0.921. The Balaban J connectivity index is 2.73. The highest BCUT2D eigenvalue weighted by molar-refractivity contribution is 9.10. The van der Waals surface area contributed by atoms with Crippen LogP contribution in [-0.4, -0.2) is 17.2 Å². The number of pyridine rings is 1. The number of fused-ring (bicyclic) bond motifs is 1. The number of rotatable bonds is 2. The molecule has 0 unspecified atom stereocenters. The molecular weight excluding hydrogens is 282 g/mol. The van der Waals surface area contributed by atoms with E-state index >= 15 is 0 Å². The van der Waals surface area contributed by atoms with E-state index in [9.17, 15) is 5.11 Å². The van der Waals surface area contributed by atoms with Crippen LogP contribution in [0.25, 0.3) is 10.9 Å². The van der Waals surface area contributed by atoms with E-state index in [-0.39, 0.29) is 5.75 Å². The Morgan fingerprint density at radius 2 is 2.06 bits per heavy atom. The largest absolute Gasteiger partial charge is 0.506 e. The molecule has 0 spiro atoms. The predicted molar refractivity (Wildman–Crippen MR) is 71.1 cm³/mol. The number of aromatic hydroxyl groups is 1. The number of ether oxygens (including phenoxy) is 1. The molecule has 0 amide bonds. The van der Waals surface area contributed by atoms with Crippen LogP contribution >= 0.6 is 15.9 Å². The Morgan fingerprint density at radius 1 is 1.35 bits per heavy atom. The topological polar surface area (TPSA) is 42.4 Å². The van der Waals surface area contributed by atoms with Crippen molar-refractivity contribution in [3.63, 3.8) is 0 Å². The van der Waals surface area contributed by atoms with Gasteiger partial charge < -0.3 is 9.84 Å². The molecule has 4 heteroatoms. The molecule has 0 fully saturated rings. The average molecular weight is 296 g/mol. The van der Waals surface area contributed by atoms with Crippen molar-refractivity contribution in [2.45, 2.75) is 19.4 Å². The molecule has 0 radical (unpaired) electrons. The SMILES string of the molecule is COC(C)(C)c1nc2cccc(Br)c2cc1O. The van der Waals surface area contributed by atoms with Gasteiger partial charge in [-0.2, -0.15) is 0 Å².